The molecule has 0 aromatic heterocycles. The Morgan fingerprint density at radius 3 is 1.84 bits per heavy atom. The molecule has 0 saturated heterocycles. The third-order valence-corrected chi connectivity index (χ3v) is 7.96. The quantitative estimate of drug-likeness (QED) is 0.122. The Labute approximate surface area is 176 Å². The molecule has 0 aromatic rings. The van der Waals surface area contributed by atoms with Gasteiger partial charge in [-0.25, -0.2) is 18.3 Å². The maximum Gasteiger partial charge on any atom is 0.481 e. The molecule has 0 spiro atoms. The van der Waals surface area contributed by atoms with Gasteiger partial charge < -0.3 is 29.6 Å². The van der Waals surface area contributed by atoms with Crippen molar-refractivity contribution < 1.29 is 74.8 Å². The van der Waals surface area contributed by atoms with E-state index in [9.17, 15) is 37.7 Å². The molecule has 16 nitrogen and oxygen atoms in total. The van der Waals surface area contributed by atoms with E-state index in [1.54, 1.807) is 6.92 Å². The highest BCUT2D eigenvalue weighted by Crippen LogP contribution is 2.63. The number of phosphoric ester groups is 3. The standard InChI is InChI=1S/C11H24O16P4/c1-9(2)4-6-23-30(19,20)27-31(21,22)25-11(3,8-10(12)13)5-7-24-29(17,18)26-28(14,15)16/h1,4-8H2,2-3H3,(H,12,13)(H,17,18)(H,19,20)(H,21,22)(H2,14,15,16). The van der Waals surface area contributed by atoms with E-state index in [2.05, 4.69) is 28.8 Å². The molecular formula is C11H24O16P4. The predicted molar refractivity (Wildman–Crippen MR) is 101 cm³/mol. The number of aliphatic carboxylic acids is 1. The van der Waals surface area contributed by atoms with E-state index >= 15 is 0 Å². The van der Waals surface area contributed by atoms with Gasteiger partial charge in [0.2, 0.25) is 0 Å². The van der Waals surface area contributed by atoms with Gasteiger partial charge >= 0.3 is 37.3 Å². The van der Waals surface area contributed by atoms with E-state index in [-0.39, 0.29) is 6.42 Å². The van der Waals surface area contributed by atoms with Gasteiger partial charge in [0.05, 0.1) is 25.2 Å². The fourth-order valence-electron chi connectivity index (χ4n) is 1.81. The largest absolute Gasteiger partial charge is 0.481 e. The summed E-state index contributed by atoms with van der Waals surface area (Å²) in [7, 11) is -21.2. The molecule has 6 N–H and O–H groups in total. The third-order valence-electron chi connectivity index (χ3n) is 2.95. The molecule has 4 unspecified atom stereocenters. The molecule has 31 heavy (non-hydrogen) atoms. The van der Waals surface area contributed by atoms with Crippen LogP contribution in [0.3, 0.4) is 0 Å². The van der Waals surface area contributed by atoms with Crippen LogP contribution in [0.1, 0.15) is 33.1 Å². The fourth-order valence-corrected chi connectivity index (χ4v) is 5.79. The molecule has 0 heterocycles. The van der Waals surface area contributed by atoms with E-state index < -0.39 is 68.9 Å². The summed E-state index contributed by atoms with van der Waals surface area (Å²) in [6, 6.07) is 0. The lowest BCUT2D eigenvalue weighted by atomic mass is 9.99. The van der Waals surface area contributed by atoms with Gasteiger partial charge in [-0.3, -0.25) is 18.4 Å². The van der Waals surface area contributed by atoms with Gasteiger partial charge in [-0.05, 0) is 20.3 Å². The zero-order valence-electron chi connectivity index (χ0n) is 16.3. The van der Waals surface area contributed by atoms with Crippen LogP contribution >= 0.6 is 31.3 Å². The molecule has 184 valence electrons. The topological polar surface area (TPSA) is 253 Å². The van der Waals surface area contributed by atoms with Crippen molar-refractivity contribution in [3.05, 3.63) is 12.2 Å². The van der Waals surface area contributed by atoms with Crippen LogP contribution in [-0.2, 0) is 45.2 Å². The molecular weight excluding hydrogens is 512 g/mol. The maximum atomic E-state index is 12.1. The summed E-state index contributed by atoms with van der Waals surface area (Å²) >= 11 is 0. The molecule has 0 amide bonds. The number of phosphoric acid groups is 4. The molecule has 0 aliphatic heterocycles. The lowest BCUT2D eigenvalue weighted by Gasteiger charge is -2.30. The second kappa shape index (κ2) is 11.7. The van der Waals surface area contributed by atoms with Crippen molar-refractivity contribution in [3.63, 3.8) is 0 Å². The van der Waals surface area contributed by atoms with Crippen molar-refractivity contribution in [3.8, 4) is 0 Å². The molecule has 0 saturated carbocycles. The van der Waals surface area contributed by atoms with E-state index in [1.165, 1.54) is 0 Å². The minimum Gasteiger partial charge on any atom is -0.481 e. The SMILES string of the molecule is C=C(C)CCOP(=O)(O)OP(=O)(O)OC(C)(CCOP(=O)(O)OP(=O)(O)O)CC(=O)O. The summed E-state index contributed by atoms with van der Waals surface area (Å²) in [5, 5.41) is 8.96. The van der Waals surface area contributed by atoms with Crippen molar-refractivity contribution in [2.45, 2.75) is 38.7 Å². The van der Waals surface area contributed by atoms with Crippen LogP contribution in [-0.4, -0.2) is 54.4 Å². The normalized spacial score (nSPS) is 20.1. The number of hydrogen-bond donors (Lipinski definition) is 6. The first-order chi connectivity index (χ1) is 13.7. The first-order valence-corrected chi connectivity index (χ1v) is 14.0. The molecule has 0 radical (unpaired) electrons. The Morgan fingerprint density at radius 1 is 0.903 bits per heavy atom. The van der Waals surface area contributed by atoms with Crippen molar-refractivity contribution in [2.75, 3.05) is 13.2 Å². The van der Waals surface area contributed by atoms with Gasteiger partial charge in [0.15, 0.2) is 0 Å². The summed E-state index contributed by atoms with van der Waals surface area (Å²) in [6.07, 6.45) is -1.64. The highest BCUT2D eigenvalue weighted by atomic mass is 31.3. The molecule has 0 aliphatic carbocycles. The van der Waals surface area contributed by atoms with Gasteiger partial charge in [0, 0.05) is 6.42 Å². The minimum absolute atomic E-state index is 0.121. The summed E-state index contributed by atoms with van der Waals surface area (Å²) in [4.78, 5) is 56.5. The lowest BCUT2D eigenvalue weighted by molar-refractivity contribution is -0.141. The second-order valence-electron chi connectivity index (χ2n) is 6.29. The summed E-state index contributed by atoms with van der Waals surface area (Å²) in [5.41, 5.74) is -1.61. The third kappa shape index (κ3) is 16.1. The Balaban J connectivity index is 5.19. The molecule has 0 fully saturated rings. The van der Waals surface area contributed by atoms with Crippen LogP contribution in [0.25, 0.3) is 0 Å². The number of carbonyl (C=O) groups is 1. The average Bonchev–Trinajstić information content (AvgIpc) is 2.39. The highest BCUT2D eigenvalue weighted by molar-refractivity contribution is 7.61. The van der Waals surface area contributed by atoms with Crippen LogP contribution in [0.2, 0.25) is 0 Å². The number of carboxylic acid groups (broad SMARTS) is 1. The zero-order valence-corrected chi connectivity index (χ0v) is 19.9. The highest BCUT2D eigenvalue weighted by Gasteiger charge is 2.43. The molecule has 20 heteroatoms. The van der Waals surface area contributed by atoms with Crippen LogP contribution in [0.4, 0.5) is 0 Å². The van der Waals surface area contributed by atoms with Gasteiger partial charge in [-0.1, -0.05) is 5.57 Å². The van der Waals surface area contributed by atoms with Crippen molar-refractivity contribution in [1.82, 2.24) is 0 Å². The number of rotatable bonds is 16. The number of carboxylic acids is 1. The maximum absolute atomic E-state index is 12.1. The fraction of sp³-hybridized carbons (Fsp3) is 0.727. The van der Waals surface area contributed by atoms with Crippen molar-refractivity contribution in [2.24, 2.45) is 0 Å². The molecule has 4 atom stereocenters. The first kappa shape index (κ1) is 30.7. The van der Waals surface area contributed by atoms with E-state index in [0.717, 1.165) is 6.92 Å². The Kier molecular flexibility index (Phi) is 11.6. The predicted octanol–water partition coefficient (Wildman–Crippen LogP) is 2.05. The van der Waals surface area contributed by atoms with Crippen molar-refractivity contribution >= 4 is 37.3 Å². The number of hydrogen-bond acceptors (Lipinski definition) is 10. The van der Waals surface area contributed by atoms with Crippen LogP contribution in [0.15, 0.2) is 12.2 Å². The van der Waals surface area contributed by atoms with Gasteiger partial charge in [-0.2, -0.15) is 8.62 Å². The molecule has 0 aliphatic rings. The van der Waals surface area contributed by atoms with Gasteiger partial charge in [-0.15, -0.1) is 6.58 Å². The van der Waals surface area contributed by atoms with Crippen LogP contribution in [0, 0.1) is 0 Å². The summed E-state index contributed by atoms with van der Waals surface area (Å²) in [6.45, 7) is 4.67. The second-order valence-corrected chi connectivity index (χ2v) is 12.1. The Morgan fingerprint density at radius 2 is 1.39 bits per heavy atom. The van der Waals surface area contributed by atoms with E-state index in [0.29, 0.717) is 5.57 Å². The first-order valence-electron chi connectivity index (χ1n) is 7.99. The van der Waals surface area contributed by atoms with Gasteiger partial charge in [0.1, 0.15) is 0 Å². The molecule has 0 rings (SSSR count). The molecule has 0 bridgehead atoms. The summed E-state index contributed by atoms with van der Waals surface area (Å²) < 4.78 is 66.8. The average molecular weight is 536 g/mol. The Bertz CT molecular complexity index is 833. The van der Waals surface area contributed by atoms with Crippen LogP contribution < -0.4 is 0 Å². The lowest BCUT2D eigenvalue weighted by Crippen LogP contribution is -2.32. The monoisotopic (exact) mass is 536 g/mol. The van der Waals surface area contributed by atoms with Gasteiger partial charge in [0.25, 0.3) is 0 Å². The summed E-state index contributed by atoms with van der Waals surface area (Å²) in [5.74, 6) is -1.58. The smallest absolute Gasteiger partial charge is 0.481 e. The Hall–Kier alpha value is -0.270. The van der Waals surface area contributed by atoms with Crippen molar-refractivity contribution in [1.29, 1.82) is 0 Å². The zero-order chi connectivity index (χ0) is 24.7. The van der Waals surface area contributed by atoms with E-state index in [1.807, 2.05) is 0 Å². The minimum atomic E-state index is -5.44. The van der Waals surface area contributed by atoms with E-state index in [4.69, 9.17) is 14.9 Å². The molecule has 0 aromatic carbocycles. The van der Waals surface area contributed by atoms with Crippen LogP contribution in [0.5, 0.6) is 0 Å².